The Labute approximate surface area is 230 Å². The molecule has 0 spiro atoms. The number of Topliss-reactive ketones (excluding diaryl/α,β-unsaturated/α-hetero) is 2. The van der Waals surface area contributed by atoms with Crippen LogP contribution in [0.3, 0.4) is 0 Å². The van der Waals surface area contributed by atoms with Gasteiger partial charge in [-0.05, 0) is 87.4 Å². The van der Waals surface area contributed by atoms with Gasteiger partial charge in [-0.25, -0.2) is 0 Å². The number of hydrogen-bond acceptors (Lipinski definition) is 8. The molecule has 0 bridgehead atoms. The second-order valence-electron chi connectivity index (χ2n) is 11.0. The number of aliphatic hydroxyl groups is 3. The van der Waals surface area contributed by atoms with Crippen LogP contribution in [-0.4, -0.2) is 68.5 Å². The smallest absolute Gasteiger partial charge is 0.255 e. The Morgan fingerprint density at radius 1 is 1.18 bits per heavy atom. The number of phenolic OH excluding ortho intramolecular Hbond substituents is 1. The Hall–Kier alpha value is -3.40. The predicted molar refractivity (Wildman–Crippen MR) is 145 cm³/mol. The fraction of sp³-hybridized carbons (Fsp3) is 0.414. The molecule has 39 heavy (non-hydrogen) atoms. The fourth-order valence-corrected chi connectivity index (χ4v) is 6.98. The summed E-state index contributed by atoms with van der Waals surface area (Å²) >= 11 is 6.66. The van der Waals surface area contributed by atoms with Gasteiger partial charge in [0.15, 0.2) is 11.4 Å². The maximum Gasteiger partial charge on any atom is 0.255 e. The van der Waals surface area contributed by atoms with Crippen LogP contribution >= 0.6 is 11.6 Å². The van der Waals surface area contributed by atoms with Gasteiger partial charge in [0.05, 0.1) is 11.6 Å². The predicted octanol–water partition coefficient (Wildman–Crippen LogP) is 3.04. The quantitative estimate of drug-likeness (QED) is 0.355. The minimum atomic E-state index is -2.66. The molecule has 5 rings (SSSR count). The van der Waals surface area contributed by atoms with E-state index in [9.17, 15) is 34.8 Å². The van der Waals surface area contributed by atoms with E-state index in [1.165, 1.54) is 11.0 Å². The molecule has 1 aromatic carbocycles. The number of fused-ring (bicyclic) bond motifs is 3. The molecule has 0 unspecified atom stereocenters. The summed E-state index contributed by atoms with van der Waals surface area (Å²) in [6.07, 6.45) is 8.07. The average molecular weight is 555 g/mol. The zero-order valence-electron chi connectivity index (χ0n) is 21.7. The highest BCUT2D eigenvalue weighted by molar-refractivity contribution is 6.34. The third kappa shape index (κ3) is 4.02. The summed E-state index contributed by atoms with van der Waals surface area (Å²) in [5, 5.41) is 45.3. The van der Waals surface area contributed by atoms with E-state index in [1.807, 2.05) is 0 Å². The van der Waals surface area contributed by atoms with Crippen LogP contribution in [0.25, 0.3) is 11.8 Å². The normalized spacial score (nSPS) is 29.2. The lowest BCUT2D eigenvalue weighted by atomic mass is 9.57. The lowest BCUT2D eigenvalue weighted by Crippen LogP contribution is -2.65. The zero-order valence-corrected chi connectivity index (χ0v) is 22.5. The summed E-state index contributed by atoms with van der Waals surface area (Å²) in [5.74, 6) is -6.74. The molecule has 206 valence electrons. The van der Waals surface area contributed by atoms with Crippen LogP contribution in [0.4, 0.5) is 0 Å². The van der Waals surface area contributed by atoms with Gasteiger partial charge in [-0.2, -0.15) is 0 Å². The zero-order chi connectivity index (χ0) is 28.4. The maximum atomic E-state index is 13.9. The molecule has 0 aliphatic heterocycles. The molecule has 1 fully saturated rings. The van der Waals surface area contributed by atoms with E-state index >= 15 is 0 Å². The number of carbonyl (C=O) groups excluding carboxylic acids is 3. The largest absolute Gasteiger partial charge is 0.508 e. The van der Waals surface area contributed by atoms with Crippen LogP contribution in [0.15, 0.2) is 45.7 Å². The maximum absolute atomic E-state index is 13.9. The van der Waals surface area contributed by atoms with Crippen molar-refractivity contribution in [2.45, 2.75) is 50.2 Å². The number of nitrogens with zero attached hydrogens (tertiary/aromatic N) is 1. The molecular formula is C29H31ClN2O7. The number of amides is 1. The van der Waals surface area contributed by atoms with Crippen molar-refractivity contribution in [3.63, 3.8) is 0 Å². The van der Waals surface area contributed by atoms with Gasteiger partial charge in [-0.3, -0.25) is 19.3 Å². The number of ketones is 2. The first kappa shape index (κ1) is 27.2. The second kappa shape index (κ2) is 9.66. The first-order chi connectivity index (χ1) is 18.4. The number of halogens is 1. The second-order valence-corrected chi connectivity index (χ2v) is 11.4. The molecule has 1 amide bonds. The van der Waals surface area contributed by atoms with E-state index < -0.39 is 58.0 Å². The van der Waals surface area contributed by atoms with E-state index in [-0.39, 0.29) is 29.7 Å². The first-order valence-corrected chi connectivity index (χ1v) is 13.3. The van der Waals surface area contributed by atoms with Crippen LogP contribution in [0.1, 0.15) is 48.8 Å². The van der Waals surface area contributed by atoms with Gasteiger partial charge in [0.1, 0.15) is 22.8 Å². The molecule has 0 heterocycles. The monoisotopic (exact) mass is 554 g/mol. The van der Waals surface area contributed by atoms with Gasteiger partial charge < -0.3 is 26.2 Å². The lowest BCUT2D eigenvalue weighted by molar-refractivity contribution is -0.153. The number of hydrogen-bond donors (Lipinski definition) is 5. The van der Waals surface area contributed by atoms with Crippen molar-refractivity contribution >= 4 is 40.9 Å². The van der Waals surface area contributed by atoms with Crippen molar-refractivity contribution in [3.8, 4) is 5.75 Å². The summed E-state index contributed by atoms with van der Waals surface area (Å²) in [5.41, 5.74) is 4.00. The van der Waals surface area contributed by atoms with E-state index in [0.29, 0.717) is 16.2 Å². The minimum absolute atomic E-state index is 0.0312. The molecule has 10 heteroatoms. The topological polar surface area (TPSA) is 161 Å². The first-order valence-electron chi connectivity index (χ1n) is 13.0. The Morgan fingerprint density at radius 3 is 2.51 bits per heavy atom. The van der Waals surface area contributed by atoms with Crippen molar-refractivity contribution in [2.75, 3.05) is 14.1 Å². The van der Waals surface area contributed by atoms with Gasteiger partial charge in [-0.1, -0.05) is 23.7 Å². The molecule has 1 saturated carbocycles. The Balaban J connectivity index is 1.68. The number of phenols is 1. The third-order valence-electron chi connectivity index (χ3n) is 8.52. The molecule has 6 N–H and O–H groups in total. The summed E-state index contributed by atoms with van der Waals surface area (Å²) < 4.78 is 0. The summed E-state index contributed by atoms with van der Waals surface area (Å²) in [6, 6.07) is 1.97. The summed E-state index contributed by atoms with van der Waals surface area (Å²) in [7, 11) is 3.13. The number of carbonyl (C=O) groups is 3. The van der Waals surface area contributed by atoms with E-state index in [0.717, 1.165) is 31.3 Å². The van der Waals surface area contributed by atoms with Crippen LogP contribution < -0.4 is 5.73 Å². The van der Waals surface area contributed by atoms with Gasteiger partial charge in [-0.15, -0.1) is 0 Å². The number of rotatable bonds is 4. The van der Waals surface area contributed by atoms with Crippen LogP contribution in [0.2, 0.25) is 0 Å². The molecule has 4 aliphatic carbocycles. The van der Waals surface area contributed by atoms with E-state index in [2.05, 4.69) is 6.08 Å². The van der Waals surface area contributed by atoms with Crippen molar-refractivity contribution in [1.82, 2.24) is 4.90 Å². The molecule has 4 atom stereocenters. The van der Waals surface area contributed by atoms with Crippen molar-refractivity contribution < 1.29 is 34.8 Å². The third-order valence-corrected chi connectivity index (χ3v) is 8.87. The fourth-order valence-electron chi connectivity index (χ4n) is 6.69. The average Bonchev–Trinajstić information content (AvgIpc) is 2.88. The van der Waals surface area contributed by atoms with Crippen molar-refractivity contribution in [3.05, 3.63) is 62.4 Å². The number of allylic oxidation sites excluding steroid dienone is 3. The highest BCUT2D eigenvalue weighted by atomic mass is 35.5. The highest BCUT2D eigenvalue weighted by Gasteiger charge is 2.64. The molecule has 0 saturated heterocycles. The minimum Gasteiger partial charge on any atom is -0.508 e. The van der Waals surface area contributed by atoms with Gasteiger partial charge in [0.25, 0.3) is 5.91 Å². The van der Waals surface area contributed by atoms with Crippen molar-refractivity contribution in [2.24, 2.45) is 17.6 Å². The lowest BCUT2D eigenvalue weighted by Gasteiger charge is -2.50. The summed E-state index contributed by atoms with van der Waals surface area (Å²) in [4.78, 5) is 40.7. The number of benzene rings is 1. The SMILES string of the molecule is CN(C)[C@H]1C(=O)C(C(N)=O)=C(O)[C@]2(O)C(=O)C3=C(O)c4c(O)ccc(/C=C(\Cl)C5=CCCCC5)c4C[C@@H]3C[C@H]12. The molecule has 0 radical (unpaired) electrons. The molecular weight excluding hydrogens is 524 g/mol. The summed E-state index contributed by atoms with van der Waals surface area (Å²) in [6.45, 7) is 0. The molecule has 1 aromatic rings. The van der Waals surface area contributed by atoms with Crippen LogP contribution in [0.5, 0.6) is 5.75 Å². The number of nitrogens with two attached hydrogens (primary N) is 1. The molecule has 9 nitrogen and oxygen atoms in total. The Kier molecular flexibility index (Phi) is 6.73. The number of aromatic hydroxyl groups is 1. The Bertz CT molecular complexity index is 1440. The van der Waals surface area contributed by atoms with Gasteiger partial charge in [0.2, 0.25) is 5.78 Å². The number of aliphatic hydroxyl groups excluding tert-OH is 2. The van der Waals surface area contributed by atoms with Crippen LogP contribution in [-0.2, 0) is 20.8 Å². The van der Waals surface area contributed by atoms with Crippen LogP contribution in [0, 0.1) is 11.8 Å². The standard InChI is InChI=1S/C29H31ClN2O7/c1-32(2)23-17-11-15-10-16-14(12-18(30)13-6-4-3-5-7-13)8-9-19(33)21(16)24(34)20(15)26(36)29(17,39)27(37)22(25(23)35)28(31)38/h6,8-9,12,15,17,23,33-34,37,39H,3-5,7,10-11H2,1-2H3,(H2,31,38)/b18-12-/t15-,17-,23-,29-/m1/s1. The Morgan fingerprint density at radius 2 is 1.90 bits per heavy atom. The molecule has 0 aromatic heterocycles. The highest BCUT2D eigenvalue weighted by Crippen LogP contribution is 2.53. The van der Waals surface area contributed by atoms with E-state index in [4.69, 9.17) is 17.3 Å². The van der Waals surface area contributed by atoms with Gasteiger partial charge >= 0.3 is 0 Å². The molecule has 4 aliphatic rings. The van der Waals surface area contributed by atoms with E-state index in [1.54, 1.807) is 26.2 Å². The number of primary amides is 1. The van der Waals surface area contributed by atoms with Crippen molar-refractivity contribution in [1.29, 1.82) is 0 Å². The number of likely N-dealkylation sites (N-methyl/N-ethyl adjacent to an activating group) is 1. The van der Waals surface area contributed by atoms with Gasteiger partial charge in [0, 0.05) is 16.5 Å².